The van der Waals surface area contributed by atoms with Crippen molar-refractivity contribution in [3.63, 3.8) is 0 Å². The highest BCUT2D eigenvalue weighted by Gasteiger charge is 2.24. The van der Waals surface area contributed by atoms with Gasteiger partial charge < -0.3 is 14.5 Å². The van der Waals surface area contributed by atoms with Crippen LogP contribution in [-0.4, -0.2) is 35.9 Å². The van der Waals surface area contributed by atoms with Crippen LogP contribution in [0.25, 0.3) is 0 Å². The summed E-state index contributed by atoms with van der Waals surface area (Å²) in [7, 11) is 1.30. The van der Waals surface area contributed by atoms with Gasteiger partial charge in [-0.05, 0) is 45.2 Å². The first-order valence-electron chi connectivity index (χ1n) is 6.66. The SMILES string of the molecule is COC(=O)CCc1c(C=O)[nH]c(C(=O)OC(C)(C)C)c1C. The average Bonchev–Trinajstić information content (AvgIpc) is 2.70. The van der Waals surface area contributed by atoms with Crippen LogP contribution in [0.2, 0.25) is 0 Å². The number of carbonyl (C=O) groups is 3. The zero-order valence-corrected chi connectivity index (χ0v) is 13.0. The largest absolute Gasteiger partial charge is 0.469 e. The summed E-state index contributed by atoms with van der Waals surface area (Å²) in [5, 5.41) is 0. The Morgan fingerprint density at radius 2 is 1.90 bits per heavy atom. The van der Waals surface area contributed by atoms with Gasteiger partial charge in [0, 0.05) is 6.42 Å². The van der Waals surface area contributed by atoms with Crippen LogP contribution < -0.4 is 0 Å². The van der Waals surface area contributed by atoms with Crippen LogP contribution in [0.5, 0.6) is 0 Å². The average molecular weight is 295 g/mol. The molecule has 1 aromatic heterocycles. The standard InChI is InChI=1S/C15H21NO5/c1-9-10(6-7-12(18)20-5)11(8-17)16-13(9)14(19)21-15(2,3)4/h8,16H,6-7H2,1-5H3. The number of carbonyl (C=O) groups excluding carboxylic acids is 3. The van der Waals surface area contributed by atoms with Crippen LogP contribution in [0, 0.1) is 6.92 Å². The Hall–Kier alpha value is -2.11. The third-order valence-electron chi connectivity index (χ3n) is 2.94. The molecule has 0 amide bonds. The first kappa shape index (κ1) is 16.9. The van der Waals surface area contributed by atoms with Gasteiger partial charge in [0.25, 0.3) is 0 Å². The van der Waals surface area contributed by atoms with Crippen LogP contribution in [0.3, 0.4) is 0 Å². The van der Waals surface area contributed by atoms with E-state index < -0.39 is 11.6 Å². The Morgan fingerprint density at radius 1 is 1.29 bits per heavy atom. The molecule has 0 saturated carbocycles. The molecule has 0 aliphatic rings. The van der Waals surface area contributed by atoms with Gasteiger partial charge >= 0.3 is 11.9 Å². The summed E-state index contributed by atoms with van der Waals surface area (Å²) in [5.41, 5.74) is 1.16. The maximum atomic E-state index is 12.1. The highest BCUT2D eigenvalue weighted by Crippen LogP contribution is 2.22. The molecule has 0 radical (unpaired) electrons. The molecule has 116 valence electrons. The minimum absolute atomic E-state index is 0.143. The van der Waals surface area contributed by atoms with Crippen LogP contribution >= 0.6 is 0 Å². The Labute approximate surface area is 123 Å². The quantitative estimate of drug-likeness (QED) is 0.665. The minimum atomic E-state index is -0.623. The maximum Gasteiger partial charge on any atom is 0.355 e. The number of aromatic nitrogens is 1. The number of hydrogen-bond acceptors (Lipinski definition) is 5. The molecule has 0 atom stereocenters. The van der Waals surface area contributed by atoms with Crippen molar-refractivity contribution in [3.8, 4) is 0 Å². The van der Waals surface area contributed by atoms with Gasteiger partial charge in [-0.2, -0.15) is 0 Å². The van der Waals surface area contributed by atoms with E-state index >= 15 is 0 Å². The van der Waals surface area contributed by atoms with Crippen molar-refractivity contribution in [1.82, 2.24) is 4.98 Å². The van der Waals surface area contributed by atoms with Gasteiger partial charge in [-0.3, -0.25) is 9.59 Å². The fourth-order valence-corrected chi connectivity index (χ4v) is 1.94. The van der Waals surface area contributed by atoms with Gasteiger partial charge in [0.15, 0.2) is 6.29 Å². The number of esters is 2. The van der Waals surface area contributed by atoms with Gasteiger partial charge in [0.05, 0.1) is 12.8 Å². The third-order valence-corrected chi connectivity index (χ3v) is 2.94. The summed E-state index contributed by atoms with van der Waals surface area (Å²) in [6, 6.07) is 0. The number of ether oxygens (including phenoxy) is 2. The first-order valence-corrected chi connectivity index (χ1v) is 6.66. The molecule has 6 nitrogen and oxygen atoms in total. The first-order chi connectivity index (χ1) is 9.69. The Kier molecular flexibility index (Phi) is 5.29. The van der Waals surface area contributed by atoms with E-state index in [-0.39, 0.29) is 23.8 Å². The number of hydrogen-bond donors (Lipinski definition) is 1. The molecule has 0 aliphatic heterocycles. The predicted octanol–water partition coefficient (Wildman–Crippen LogP) is 2.20. The Morgan fingerprint density at radius 3 is 2.38 bits per heavy atom. The van der Waals surface area contributed by atoms with E-state index in [1.807, 2.05) is 0 Å². The van der Waals surface area contributed by atoms with Crippen LogP contribution in [-0.2, 0) is 20.7 Å². The summed E-state index contributed by atoms with van der Waals surface area (Å²) >= 11 is 0. The van der Waals surface area contributed by atoms with Crippen LogP contribution in [0.1, 0.15) is 59.3 Å². The van der Waals surface area contributed by atoms with E-state index in [2.05, 4.69) is 9.72 Å². The van der Waals surface area contributed by atoms with Crippen molar-refractivity contribution in [2.75, 3.05) is 7.11 Å². The van der Waals surface area contributed by atoms with Crippen LogP contribution in [0.4, 0.5) is 0 Å². The van der Waals surface area contributed by atoms with Crippen LogP contribution in [0.15, 0.2) is 0 Å². The highest BCUT2D eigenvalue weighted by atomic mass is 16.6. The number of aromatic amines is 1. The Balaban J connectivity index is 3.03. The molecule has 6 heteroatoms. The molecule has 1 N–H and O–H groups in total. The predicted molar refractivity (Wildman–Crippen MR) is 76.4 cm³/mol. The minimum Gasteiger partial charge on any atom is -0.469 e. The maximum absolute atomic E-state index is 12.1. The molecule has 1 aromatic rings. The number of methoxy groups -OCH3 is 1. The zero-order valence-electron chi connectivity index (χ0n) is 13.0. The molecular weight excluding hydrogens is 274 g/mol. The van der Waals surface area contributed by atoms with Crippen molar-refractivity contribution in [2.24, 2.45) is 0 Å². The van der Waals surface area contributed by atoms with Crippen molar-refractivity contribution in [3.05, 3.63) is 22.5 Å². The van der Waals surface area contributed by atoms with Crippen molar-refractivity contribution >= 4 is 18.2 Å². The van der Waals surface area contributed by atoms with Crippen molar-refractivity contribution in [1.29, 1.82) is 0 Å². The van der Waals surface area contributed by atoms with Gasteiger partial charge in [0.1, 0.15) is 11.3 Å². The molecule has 0 saturated heterocycles. The van der Waals surface area contributed by atoms with Crippen molar-refractivity contribution in [2.45, 2.75) is 46.1 Å². The fraction of sp³-hybridized carbons (Fsp3) is 0.533. The summed E-state index contributed by atoms with van der Waals surface area (Å²) in [6.07, 6.45) is 1.10. The molecule has 0 bridgehead atoms. The normalized spacial score (nSPS) is 11.1. The summed E-state index contributed by atoms with van der Waals surface area (Å²) in [5.74, 6) is -0.890. The lowest BCUT2D eigenvalue weighted by molar-refractivity contribution is -0.140. The second-order valence-electron chi connectivity index (χ2n) is 5.71. The van der Waals surface area contributed by atoms with E-state index in [1.165, 1.54) is 7.11 Å². The summed E-state index contributed by atoms with van der Waals surface area (Å²) in [4.78, 5) is 37.2. The van der Waals surface area contributed by atoms with Gasteiger partial charge in [0.2, 0.25) is 0 Å². The smallest absolute Gasteiger partial charge is 0.355 e. The van der Waals surface area contributed by atoms with Gasteiger partial charge in [-0.1, -0.05) is 0 Å². The van der Waals surface area contributed by atoms with E-state index in [0.29, 0.717) is 23.8 Å². The van der Waals surface area contributed by atoms with Gasteiger partial charge in [-0.25, -0.2) is 4.79 Å². The second kappa shape index (κ2) is 6.56. The Bertz CT molecular complexity index is 551. The monoisotopic (exact) mass is 295 g/mol. The molecule has 0 unspecified atom stereocenters. The fourth-order valence-electron chi connectivity index (χ4n) is 1.94. The summed E-state index contributed by atoms with van der Waals surface area (Å²) in [6.45, 7) is 7.02. The lowest BCUT2D eigenvalue weighted by Crippen LogP contribution is -2.24. The molecule has 1 heterocycles. The highest BCUT2D eigenvalue weighted by molar-refractivity contribution is 5.92. The number of H-pyrrole nitrogens is 1. The molecule has 1 rings (SSSR count). The van der Waals surface area contributed by atoms with E-state index in [9.17, 15) is 14.4 Å². The van der Waals surface area contributed by atoms with E-state index in [4.69, 9.17) is 4.74 Å². The van der Waals surface area contributed by atoms with E-state index in [1.54, 1.807) is 27.7 Å². The molecule has 0 aliphatic carbocycles. The second-order valence-corrected chi connectivity index (χ2v) is 5.71. The van der Waals surface area contributed by atoms with Crippen molar-refractivity contribution < 1.29 is 23.9 Å². The summed E-state index contributed by atoms with van der Waals surface area (Å²) < 4.78 is 9.86. The molecule has 0 aromatic carbocycles. The molecule has 0 spiro atoms. The number of aldehydes is 1. The number of nitrogens with one attached hydrogen (secondary N) is 1. The lowest BCUT2D eigenvalue weighted by atomic mass is 10.0. The molecule has 0 fully saturated rings. The topological polar surface area (TPSA) is 85.5 Å². The van der Waals surface area contributed by atoms with E-state index in [0.717, 1.165) is 0 Å². The number of rotatable bonds is 5. The molecular formula is C15H21NO5. The van der Waals surface area contributed by atoms with Gasteiger partial charge in [-0.15, -0.1) is 0 Å². The molecule has 21 heavy (non-hydrogen) atoms. The zero-order chi connectivity index (χ0) is 16.2. The lowest BCUT2D eigenvalue weighted by Gasteiger charge is -2.19. The third kappa shape index (κ3) is 4.44.